The summed E-state index contributed by atoms with van der Waals surface area (Å²) in [7, 11) is 0. The van der Waals surface area contributed by atoms with Crippen LogP contribution in [0.5, 0.6) is 0 Å². The molecule has 3 N–H and O–H groups in total. The van der Waals surface area contributed by atoms with Crippen molar-refractivity contribution in [2.24, 2.45) is 0 Å². The molecule has 180 valence electrons. The third kappa shape index (κ3) is 5.54. The Labute approximate surface area is 211 Å². The predicted octanol–water partition coefficient (Wildman–Crippen LogP) is 5.79. The third-order valence-electron chi connectivity index (χ3n) is 6.08. The van der Waals surface area contributed by atoms with Crippen LogP contribution < -0.4 is 10.6 Å². The maximum atomic E-state index is 12.6. The summed E-state index contributed by atoms with van der Waals surface area (Å²) in [5.41, 5.74) is 5.14. The van der Waals surface area contributed by atoms with Crippen molar-refractivity contribution in [2.45, 2.75) is 31.7 Å². The molecule has 1 unspecified atom stereocenters. The van der Waals surface area contributed by atoms with E-state index in [1.54, 1.807) is 0 Å². The van der Waals surface area contributed by atoms with Crippen LogP contribution in [0.4, 0.5) is 10.5 Å². The molecule has 0 saturated carbocycles. The fourth-order valence-corrected chi connectivity index (χ4v) is 4.76. The second-order valence-corrected chi connectivity index (χ2v) is 9.18. The van der Waals surface area contributed by atoms with Gasteiger partial charge in [-0.25, -0.2) is 9.59 Å². The Morgan fingerprint density at radius 3 is 2.20 bits per heavy atom. The second kappa shape index (κ2) is 10.7. The average molecular weight is 537 g/mol. The fourth-order valence-electron chi connectivity index (χ4n) is 4.28. The van der Waals surface area contributed by atoms with E-state index in [4.69, 9.17) is 9.84 Å². The van der Waals surface area contributed by atoms with Crippen LogP contribution in [-0.4, -0.2) is 35.7 Å². The molecule has 1 aliphatic rings. The molecule has 0 fully saturated rings. The van der Waals surface area contributed by atoms with Gasteiger partial charge in [-0.15, -0.1) is 0 Å². The summed E-state index contributed by atoms with van der Waals surface area (Å²) in [6, 6.07) is 20.2. The van der Waals surface area contributed by atoms with Crippen molar-refractivity contribution in [1.82, 2.24) is 5.32 Å². The topological polar surface area (TPSA) is 105 Å². The number of halogens is 1. The molecule has 2 amide bonds. The highest BCUT2D eigenvalue weighted by Gasteiger charge is 2.29. The van der Waals surface area contributed by atoms with E-state index in [-0.39, 0.29) is 30.4 Å². The predicted molar refractivity (Wildman–Crippen MR) is 137 cm³/mol. The van der Waals surface area contributed by atoms with Gasteiger partial charge >= 0.3 is 12.1 Å². The number of hydrogen-bond acceptors (Lipinski definition) is 4. The first-order valence-electron chi connectivity index (χ1n) is 11.3. The largest absolute Gasteiger partial charge is 0.478 e. The molecule has 0 aromatic heterocycles. The highest BCUT2D eigenvalue weighted by atomic mass is 79.9. The number of benzene rings is 3. The molecule has 0 aliphatic heterocycles. The Morgan fingerprint density at radius 1 is 1.00 bits per heavy atom. The molecule has 3 aromatic rings. The van der Waals surface area contributed by atoms with Gasteiger partial charge in [0.1, 0.15) is 6.61 Å². The van der Waals surface area contributed by atoms with E-state index in [1.807, 2.05) is 31.2 Å². The number of amides is 2. The van der Waals surface area contributed by atoms with E-state index in [9.17, 15) is 14.4 Å². The summed E-state index contributed by atoms with van der Waals surface area (Å²) in [6.45, 7) is 2.07. The van der Waals surface area contributed by atoms with Gasteiger partial charge in [0.2, 0.25) is 5.91 Å². The number of carboxylic acids is 1. The molecule has 0 bridgehead atoms. The van der Waals surface area contributed by atoms with Gasteiger partial charge in [0.05, 0.1) is 11.3 Å². The number of alkyl carbamates (subject to hydrolysis) is 1. The number of ether oxygens (including phenoxy) is 1. The molecule has 0 radical (unpaired) electrons. The number of nitrogens with one attached hydrogen (secondary N) is 2. The SMILES string of the molecule is CCC(CC(=O)Nc1ccc(C(=O)O)cc1Br)NC(=O)OCC1c2ccccc2-c2ccccc21. The van der Waals surface area contributed by atoms with Gasteiger partial charge in [-0.1, -0.05) is 55.5 Å². The summed E-state index contributed by atoms with van der Waals surface area (Å²) in [5, 5.41) is 14.6. The standard InChI is InChI=1S/C27H25BrN2O5/c1-2-17(14-25(31)30-24-12-11-16(26(32)33)13-23(24)28)29-27(34)35-15-22-20-9-5-3-7-18(20)19-8-4-6-10-21(19)22/h3-13,17,22H,2,14-15H2,1H3,(H,29,34)(H,30,31)(H,32,33). The lowest BCUT2D eigenvalue weighted by Gasteiger charge is -2.19. The first-order valence-corrected chi connectivity index (χ1v) is 12.1. The summed E-state index contributed by atoms with van der Waals surface area (Å²) in [6.07, 6.45) is 0.0170. The van der Waals surface area contributed by atoms with Gasteiger partial charge in [-0.05, 0) is 62.8 Å². The van der Waals surface area contributed by atoms with E-state index < -0.39 is 18.1 Å². The number of aromatic carboxylic acids is 1. The fraction of sp³-hybridized carbons (Fsp3) is 0.222. The Kier molecular flexibility index (Phi) is 7.51. The van der Waals surface area contributed by atoms with E-state index in [0.717, 1.165) is 22.3 Å². The Balaban J connectivity index is 1.33. The zero-order chi connectivity index (χ0) is 24.9. The van der Waals surface area contributed by atoms with Crippen molar-refractivity contribution >= 4 is 39.6 Å². The maximum absolute atomic E-state index is 12.6. The summed E-state index contributed by atoms with van der Waals surface area (Å²) in [4.78, 5) is 36.2. The summed E-state index contributed by atoms with van der Waals surface area (Å²) >= 11 is 3.28. The van der Waals surface area contributed by atoms with Crippen LogP contribution in [0.2, 0.25) is 0 Å². The zero-order valence-electron chi connectivity index (χ0n) is 19.1. The molecule has 8 heteroatoms. The minimum atomic E-state index is -1.05. The zero-order valence-corrected chi connectivity index (χ0v) is 20.7. The Bertz CT molecular complexity index is 1230. The van der Waals surface area contributed by atoms with Crippen molar-refractivity contribution in [3.63, 3.8) is 0 Å². The summed E-state index contributed by atoms with van der Waals surface area (Å²) < 4.78 is 6.04. The molecular weight excluding hydrogens is 512 g/mol. The average Bonchev–Trinajstić information content (AvgIpc) is 3.17. The molecule has 3 aromatic carbocycles. The molecule has 1 atom stereocenters. The smallest absolute Gasteiger partial charge is 0.407 e. The van der Waals surface area contributed by atoms with Crippen LogP contribution in [0.3, 0.4) is 0 Å². The van der Waals surface area contributed by atoms with Gasteiger partial charge in [0.25, 0.3) is 0 Å². The van der Waals surface area contributed by atoms with Crippen LogP contribution in [0.1, 0.15) is 47.2 Å². The molecule has 4 rings (SSSR count). The number of rotatable bonds is 8. The normalized spacial score (nSPS) is 12.9. The lowest BCUT2D eigenvalue weighted by atomic mass is 9.98. The van der Waals surface area contributed by atoms with Gasteiger partial charge in [0, 0.05) is 22.9 Å². The van der Waals surface area contributed by atoms with E-state index in [2.05, 4.69) is 50.8 Å². The Hall–Kier alpha value is -3.65. The summed E-state index contributed by atoms with van der Waals surface area (Å²) in [5.74, 6) is -1.40. The Morgan fingerprint density at radius 2 is 1.63 bits per heavy atom. The van der Waals surface area contributed by atoms with E-state index in [1.165, 1.54) is 18.2 Å². The number of carboxylic acid groups (broad SMARTS) is 1. The second-order valence-electron chi connectivity index (χ2n) is 8.33. The highest BCUT2D eigenvalue weighted by Crippen LogP contribution is 2.44. The monoisotopic (exact) mass is 536 g/mol. The highest BCUT2D eigenvalue weighted by molar-refractivity contribution is 9.10. The number of anilines is 1. The van der Waals surface area contributed by atoms with Crippen molar-refractivity contribution in [2.75, 3.05) is 11.9 Å². The van der Waals surface area contributed by atoms with Crippen molar-refractivity contribution < 1.29 is 24.2 Å². The van der Waals surface area contributed by atoms with Crippen LogP contribution in [0, 0.1) is 0 Å². The number of carbonyl (C=O) groups is 3. The van der Waals surface area contributed by atoms with Gasteiger partial charge in [0.15, 0.2) is 0 Å². The van der Waals surface area contributed by atoms with Crippen molar-refractivity contribution in [3.05, 3.63) is 87.9 Å². The molecule has 0 spiro atoms. The van der Waals surface area contributed by atoms with E-state index >= 15 is 0 Å². The van der Waals surface area contributed by atoms with Gasteiger partial charge in [-0.3, -0.25) is 4.79 Å². The lowest BCUT2D eigenvalue weighted by molar-refractivity contribution is -0.116. The number of hydrogen-bond donors (Lipinski definition) is 3. The van der Waals surface area contributed by atoms with Crippen LogP contribution >= 0.6 is 15.9 Å². The molecule has 35 heavy (non-hydrogen) atoms. The number of carbonyl (C=O) groups excluding carboxylic acids is 2. The van der Waals surface area contributed by atoms with Crippen molar-refractivity contribution in [1.29, 1.82) is 0 Å². The van der Waals surface area contributed by atoms with Crippen LogP contribution in [-0.2, 0) is 9.53 Å². The molecule has 0 heterocycles. The van der Waals surface area contributed by atoms with E-state index in [0.29, 0.717) is 16.6 Å². The lowest BCUT2D eigenvalue weighted by Crippen LogP contribution is -2.38. The minimum Gasteiger partial charge on any atom is -0.478 e. The molecule has 7 nitrogen and oxygen atoms in total. The number of fused-ring (bicyclic) bond motifs is 3. The minimum absolute atomic E-state index is 0.0392. The first kappa shape index (κ1) is 24.5. The van der Waals surface area contributed by atoms with Crippen molar-refractivity contribution in [3.8, 4) is 11.1 Å². The third-order valence-corrected chi connectivity index (χ3v) is 6.74. The van der Waals surface area contributed by atoms with Crippen LogP contribution in [0.15, 0.2) is 71.2 Å². The van der Waals surface area contributed by atoms with Crippen LogP contribution in [0.25, 0.3) is 11.1 Å². The quantitative estimate of drug-likeness (QED) is 0.337. The molecular formula is C27H25BrN2O5. The van der Waals surface area contributed by atoms with Gasteiger partial charge in [-0.2, -0.15) is 0 Å². The first-order chi connectivity index (χ1) is 16.9. The molecule has 0 saturated heterocycles. The molecule has 1 aliphatic carbocycles. The van der Waals surface area contributed by atoms with Gasteiger partial charge < -0.3 is 20.5 Å². The maximum Gasteiger partial charge on any atom is 0.407 e.